The van der Waals surface area contributed by atoms with Crippen LogP contribution in [-0.4, -0.2) is 32.4 Å². The quantitative estimate of drug-likeness (QED) is 0.736. The van der Waals surface area contributed by atoms with Crippen molar-refractivity contribution in [2.75, 3.05) is 6.61 Å². The van der Waals surface area contributed by atoms with Gasteiger partial charge in [-0.25, -0.2) is 0 Å². The van der Waals surface area contributed by atoms with Crippen LogP contribution < -0.4 is 0 Å². The molecule has 1 aromatic carbocycles. The minimum absolute atomic E-state index is 0.0692. The fourth-order valence-electron chi connectivity index (χ4n) is 3.42. The summed E-state index contributed by atoms with van der Waals surface area (Å²) in [5, 5.41) is 0.125. The van der Waals surface area contributed by atoms with E-state index >= 15 is 0 Å². The summed E-state index contributed by atoms with van der Waals surface area (Å²) in [6, 6.07) is 9.92. The molecule has 0 N–H and O–H groups in total. The first-order valence-electron chi connectivity index (χ1n) is 9.14. The highest BCUT2D eigenvalue weighted by molar-refractivity contribution is 6.74. The Hall–Kier alpha value is -1.01. The Morgan fingerprint density at radius 3 is 2.52 bits per heavy atom. The Morgan fingerprint density at radius 2 is 1.88 bits per heavy atom. The van der Waals surface area contributed by atoms with E-state index in [4.69, 9.17) is 13.9 Å². The lowest BCUT2D eigenvalue weighted by Gasteiger charge is -2.43. The normalized spacial score (nSPS) is 30.8. The molecule has 2 aliphatic rings. The molecule has 3 atom stereocenters. The molecular weight excluding hydrogens is 332 g/mol. The van der Waals surface area contributed by atoms with Gasteiger partial charge in [0.15, 0.2) is 14.6 Å². The number of carbonyl (C=O) groups excluding carboxylic acids is 1. The van der Waals surface area contributed by atoms with Gasteiger partial charge in [0, 0.05) is 24.8 Å². The molecule has 1 aromatic rings. The number of benzene rings is 1. The summed E-state index contributed by atoms with van der Waals surface area (Å²) in [7, 11) is -1.92. The number of ether oxygens (including phenoxy) is 2. The third kappa shape index (κ3) is 4.05. The number of hydrogen-bond acceptors (Lipinski definition) is 4. The summed E-state index contributed by atoms with van der Waals surface area (Å²) < 4.78 is 18.7. The highest BCUT2D eigenvalue weighted by Gasteiger charge is 2.50. The third-order valence-electron chi connectivity index (χ3n) is 5.77. The first-order chi connectivity index (χ1) is 11.6. The molecule has 0 bridgehead atoms. The van der Waals surface area contributed by atoms with Gasteiger partial charge in [0.2, 0.25) is 0 Å². The van der Waals surface area contributed by atoms with Crippen LogP contribution in [0.1, 0.15) is 51.9 Å². The van der Waals surface area contributed by atoms with Crippen molar-refractivity contribution in [3.05, 3.63) is 35.9 Å². The maximum atomic E-state index is 12.4. The van der Waals surface area contributed by atoms with Crippen LogP contribution in [0.2, 0.25) is 18.1 Å². The van der Waals surface area contributed by atoms with Crippen molar-refractivity contribution in [3.63, 3.8) is 0 Å². The lowest BCUT2D eigenvalue weighted by molar-refractivity contribution is -0.142. The van der Waals surface area contributed by atoms with Crippen LogP contribution in [-0.2, 0) is 18.7 Å². The van der Waals surface area contributed by atoms with Gasteiger partial charge in [-0.3, -0.25) is 4.79 Å². The highest BCUT2D eigenvalue weighted by atomic mass is 28.4. The van der Waals surface area contributed by atoms with Gasteiger partial charge >= 0.3 is 0 Å². The monoisotopic (exact) mass is 362 g/mol. The van der Waals surface area contributed by atoms with Crippen LogP contribution in [0.4, 0.5) is 0 Å². The second-order valence-electron chi connectivity index (χ2n) is 8.98. The smallest absolute Gasteiger partial charge is 0.192 e. The third-order valence-corrected chi connectivity index (χ3v) is 10.3. The second kappa shape index (κ2) is 6.61. The van der Waals surface area contributed by atoms with E-state index in [0.29, 0.717) is 19.4 Å². The molecule has 25 heavy (non-hydrogen) atoms. The Morgan fingerprint density at radius 1 is 1.20 bits per heavy atom. The zero-order valence-electron chi connectivity index (χ0n) is 16.0. The van der Waals surface area contributed by atoms with Crippen molar-refractivity contribution < 1.29 is 18.7 Å². The van der Waals surface area contributed by atoms with Crippen molar-refractivity contribution in [1.29, 1.82) is 0 Å². The van der Waals surface area contributed by atoms with Crippen molar-refractivity contribution in [1.82, 2.24) is 0 Å². The summed E-state index contributed by atoms with van der Waals surface area (Å²) in [5.74, 6) is 0.215. The number of ketones is 1. The van der Waals surface area contributed by atoms with Crippen LogP contribution >= 0.6 is 0 Å². The number of hydrogen-bond donors (Lipinski definition) is 0. The van der Waals surface area contributed by atoms with Crippen molar-refractivity contribution in [2.24, 2.45) is 0 Å². The molecule has 1 saturated heterocycles. The average molecular weight is 363 g/mol. The van der Waals surface area contributed by atoms with E-state index in [0.717, 1.165) is 12.0 Å². The fraction of sp³-hybridized carbons (Fsp3) is 0.650. The van der Waals surface area contributed by atoms with Gasteiger partial charge in [0.05, 0.1) is 12.7 Å². The Balaban J connectivity index is 1.72. The van der Waals surface area contributed by atoms with Crippen molar-refractivity contribution in [2.45, 2.75) is 76.2 Å². The SMILES string of the molecule is CC(C)(C)[Si](C)(C)OC1CC(=O)C[C@@]2(CO[C@H](c3ccccc3)O2)C1. The average Bonchev–Trinajstić information content (AvgIpc) is 2.89. The highest BCUT2D eigenvalue weighted by Crippen LogP contribution is 2.44. The molecule has 1 aliphatic carbocycles. The molecule has 4 nitrogen and oxygen atoms in total. The molecule has 3 rings (SSSR count). The van der Waals surface area contributed by atoms with Gasteiger partial charge in [-0.1, -0.05) is 51.1 Å². The predicted molar refractivity (Wildman–Crippen MR) is 99.9 cm³/mol. The summed E-state index contributed by atoms with van der Waals surface area (Å²) in [5.41, 5.74) is 0.460. The predicted octanol–water partition coefficient (Wildman–Crippen LogP) is 4.61. The number of carbonyl (C=O) groups is 1. The van der Waals surface area contributed by atoms with Gasteiger partial charge in [-0.15, -0.1) is 0 Å². The standard InChI is InChI=1S/C20H30O4Si/c1-19(2,3)25(4,5)24-17-11-16(21)12-20(13-17)14-22-18(23-20)15-9-7-6-8-10-15/h6-10,17-18H,11-14H2,1-5H3/t17?,18-,20-/m0/s1. The van der Waals surface area contributed by atoms with E-state index in [2.05, 4.69) is 33.9 Å². The minimum atomic E-state index is -1.92. The van der Waals surface area contributed by atoms with Gasteiger partial charge in [-0.05, 0) is 18.1 Å². The molecule has 2 fully saturated rings. The lowest BCUT2D eigenvalue weighted by Crippen LogP contribution is -2.50. The first kappa shape index (κ1) is 18.8. The van der Waals surface area contributed by atoms with Gasteiger partial charge in [-0.2, -0.15) is 0 Å². The van der Waals surface area contributed by atoms with E-state index in [-0.39, 0.29) is 23.2 Å². The zero-order valence-corrected chi connectivity index (χ0v) is 17.0. The van der Waals surface area contributed by atoms with Gasteiger partial charge < -0.3 is 13.9 Å². The number of rotatable bonds is 3. The van der Waals surface area contributed by atoms with Crippen LogP contribution in [0.15, 0.2) is 30.3 Å². The summed E-state index contributed by atoms with van der Waals surface area (Å²) in [6.07, 6.45) is 1.19. The Labute approximate surface area is 152 Å². The molecule has 5 heteroatoms. The molecular formula is C20H30O4Si. The molecule has 1 aliphatic heterocycles. The molecule has 0 amide bonds. The van der Waals surface area contributed by atoms with Crippen LogP contribution in [0.5, 0.6) is 0 Å². The summed E-state index contributed by atoms with van der Waals surface area (Å²) >= 11 is 0. The fourth-order valence-corrected chi connectivity index (χ4v) is 4.77. The van der Waals surface area contributed by atoms with Crippen LogP contribution in [0.3, 0.4) is 0 Å². The molecule has 1 unspecified atom stereocenters. The summed E-state index contributed by atoms with van der Waals surface area (Å²) in [6.45, 7) is 11.6. The zero-order chi connectivity index (χ0) is 18.3. The van der Waals surface area contributed by atoms with Crippen molar-refractivity contribution >= 4 is 14.1 Å². The second-order valence-corrected chi connectivity index (χ2v) is 13.7. The topological polar surface area (TPSA) is 44.8 Å². The molecule has 1 heterocycles. The maximum Gasteiger partial charge on any atom is 0.192 e. The van der Waals surface area contributed by atoms with E-state index in [1.807, 2.05) is 30.3 Å². The molecule has 0 aromatic heterocycles. The maximum absolute atomic E-state index is 12.4. The largest absolute Gasteiger partial charge is 0.413 e. The van der Waals surface area contributed by atoms with E-state index in [1.54, 1.807) is 0 Å². The molecule has 0 radical (unpaired) electrons. The molecule has 138 valence electrons. The lowest BCUT2D eigenvalue weighted by atomic mass is 9.83. The minimum Gasteiger partial charge on any atom is -0.413 e. The Bertz CT molecular complexity index is 622. The van der Waals surface area contributed by atoms with Crippen LogP contribution in [0.25, 0.3) is 0 Å². The first-order valence-corrected chi connectivity index (χ1v) is 12.1. The van der Waals surface area contributed by atoms with E-state index < -0.39 is 13.9 Å². The van der Waals surface area contributed by atoms with E-state index in [9.17, 15) is 4.79 Å². The Kier molecular flexibility index (Phi) is 4.97. The molecule has 1 saturated carbocycles. The van der Waals surface area contributed by atoms with Crippen LogP contribution in [0, 0.1) is 0 Å². The van der Waals surface area contributed by atoms with Gasteiger partial charge in [0.1, 0.15) is 11.4 Å². The summed E-state index contributed by atoms with van der Waals surface area (Å²) in [4.78, 5) is 12.4. The number of Topliss-reactive ketones (excluding diaryl/α,β-unsaturated/α-hetero) is 1. The van der Waals surface area contributed by atoms with Gasteiger partial charge in [0.25, 0.3) is 0 Å². The van der Waals surface area contributed by atoms with E-state index in [1.165, 1.54) is 0 Å². The molecule has 1 spiro atoms. The van der Waals surface area contributed by atoms with Crippen molar-refractivity contribution in [3.8, 4) is 0 Å².